The third-order valence-corrected chi connectivity index (χ3v) is 5.58. The second-order valence-electron chi connectivity index (χ2n) is 6.58. The van der Waals surface area contributed by atoms with E-state index in [1.165, 1.54) is 11.8 Å². The Hall–Kier alpha value is -2.42. The molecule has 3 rings (SSSR count). The van der Waals surface area contributed by atoms with Crippen LogP contribution in [0.25, 0.3) is 5.69 Å². The molecule has 3 aromatic rings. The van der Waals surface area contributed by atoms with E-state index in [4.69, 9.17) is 11.6 Å². The molecule has 0 saturated carbocycles. The van der Waals surface area contributed by atoms with Crippen LogP contribution in [0.1, 0.15) is 25.2 Å². The number of nitrogens with one attached hydrogen (secondary N) is 1. The minimum atomic E-state index is -0.186. The van der Waals surface area contributed by atoms with E-state index < -0.39 is 0 Å². The van der Waals surface area contributed by atoms with Crippen LogP contribution in [0.2, 0.25) is 5.15 Å². The van der Waals surface area contributed by atoms with Crippen molar-refractivity contribution in [1.29, 1.82) is 0 Å². The van der Waals surface area contributed by atoms with Crippen molar-refractivity contribution in [2.24, 2.45) is 0 Å². The molecule has 2 heterocycles. The second-order valence-corrected chi connectivity index (χ2v) is 7.88. The van der Waals surface area contributed by atoms with Gasteiger partial charge in [0.05, 0.1) is 17.5 Å². The van der Waals surface area contributed by atoms with E-state index >= 15 is 0 Å². The van der Waals surface area contributed by atoms with Gasteiger partial charge >= 0.3 is 0 Å². The number of hydrogen-bond acceptors (Lipinski definition) is 6. The lowest BCUT2D eigenvalue weighted by Gasteiger charge is -2.23. The summed E-state index contributed by atoms with van der Waals surface area (Å²) in [6.45, 7) is 2.12. The molecule has 0 aliphatic carbocycles. The number of nitrogens with zero attached hydrogens (tertiary/aromatic N) is 5. The molecule has 7 nitrogen and oxygen atoms in total. The summed E-state index contributed by atoms with van der Waals surface area (Å²) in [5, 5.41) is 12.5. The molecule has 0 fully saturated rings. The minimum absolute atomic E-state index is 0.111. The molecule has 0 unspecified atom stereocenters. The average molecular weight is 431 g/mol. The Bertz CT molecular complexity index is 963. The summed E-state index contributed by atoms with van der Waals surface area (Å²) in [5.74, 6) is 0.838. The molecular formula is C20H23ClN6OS. The van der Waals surface area contributed by atoms with Crippen LogP contribution < -0.4 is 5.32 Å². The molecule has 9 heteroatoms. The summed E-state index contributed by atoms with van der Waals surface area (Å²) in [4.78, 5) is 18.5. The van der Waals surface area contributed by atoms with Crippen LogP contribution in [0.3, 0.4) is 0 Å². The minimum Gasteiger partial charge on any atom is -0.323 e. The van der Waals surface area contributed by atoms with Gasteiger partial charge in [-0.3, -0.25) is 14.3 Å². The number of amides is 1. The van der Waals surface area contributed by atoms with Gasteiger partial charge in [-0.2, -0.15) is 0 Å². The van der Waals surface area contributed by atoms with E-state index in [1.54, 1.807) is 18.3 Å². The van der Waals surface area contributed by atoms with E-state index in [2.05, 4.69) is 32.3 Å². The number of halogens is 1. The molecule has 29 heavy (non-hydrogen) atoms. The predicted molar refractivity (Wildman–Crippen MR) is 117 cm³/mol. The molecule has 0 radical (unpaired) electrons. The molecule has 0 bridgehead atoms. The van der Waals surface area contributed by atoms with Gasteiger partial charge in [0.1, 0.15) is 0 Å². The van der Waals surface area contributed by atoms with Crippen LogP contribution in [-0.2, 0) is 4.79 Å². The maximum Gasteiger partial charge on any atom is 0.234 e. The van der Waals surface area contributed by atoms with Crippen molar-refractivity contribution < 1.29 is 4.79 Å². The fourth-order valence-corrected chi connectivity index (χ4v) is 3.91. The molecule has 0 spiro atoms. The average Bonchev–Trinajstić information content (AvgIpc) is 3.12. The predicted octanol–water partition coefficient (Wildman–Crippen LogP) is 4.06. The Balaban J connectivity index is 1.83. The van der Waals surface area contributed by atoms with Crippen LogP contribution in [0, 0.1) is 0 Å². The number of pyridine rings is 1. The summed E-state index contributed by atoms with van der Waals surface area (Å²) >= 11 is 7.34. The molecule has 152 valence electrons. The summed E-state index contributed by atoms with van der Waals surface area (Å²) in [6, 6.07) is 13.5. The number of hydrogen-bond donors (Lipinski definition) is 1. The van der Waals surface area contributed by atoms with Crippen molar-refractivity contribution in [3.05, 3.63) is 59.6 Å². The summed E-state index contributed by atoms with van der Waals surface area (Å²) in [6.07, 6.45) is 2.47. The summed E-state index contributed by atoms with van der Waals surface area (Å²) < 4.78 is 2.02. The first-order chi connectivity index (χ1) is 14.0. The monoisotopic (exact) mass is 430 g/mol. The van der Waals surface area contributed by atoms with E-state index in [0.29, 0.717) is 10.8 Å². The maximum absolute atomic E-state index is 12.4. The second kappa shape index (κ2) is 9.87. The number of aromatic nitrogens is 4. The standard InChI is InChI=1S/C20H23ClN6OS/c1-4-16(26(2)3)19-24-25-20(27(19)14-9-6-5-7-10-14)29-13-17(28)23-15-11-8-12-22-18(15)21/h5-12,16H,4,13H2,1-3H3,(H,23,28)/t16-/m1/s1. The third kappa shape index (κ3) is 5.14. The molecule has 1 amide bonds. The Kier molecular flexibility index (Phi) is 7.24. The van der Waals surface area contributed by atoms with Gasteiger partial charge < -0.3 is 5.32 Å². The first kappa shape index (κ1) is 21.3. The van der Waals surface area contributed by atoms with Crippen molar-refractivity contribution in [3.8, 4) is 5.69 Å². The van der Waals surface area contributed by atoms with Gasteiger partial charge in [0.15, 0.2) is 16.1 Å². The SMILES string of the molecule is CC[C@H](c1nnc(SCC(=O)Nc2cccnc2Cl)n1-c1ccccc1)N(C)C. The van der Waals surface area contributed by atoms with Gasteiger partial charge in [0, 0.05) is 11.9 Å². The molecule has 0 aliphatic heterocycles. The van der Waals surface area contributed by atoms with Crippen LogP contribution in [0.4, 0.5) is 5.69 Å². The molecule has 1 N–H and O–H groups in total. The highest BCUT2D eigenvalue weighted by atomic mass is 35.5. The molecule has 0 aliphatic rings. The highest BCUT2D eigenvalue weighted by Crippen LogP contribution is 2.28. The lowest BCUT2D eigenvalue weighted by molar-refractivity contribution is -0.113. The maximum atomic E-state index is 12.4. The fraction of sp³-hybridized carbons (Fsp3) is 0.300. The summed E-state index contributed by atoms with van der Waals surface area (Å²) in [5.41, 5.74) is 1.45. The Labute approximate surface area is 179 Å². The smallest absolute Gasteiger partial charge is 0.234 e. The van der Waals surface area contributed by atoms with Crippen LogP contribution in [0.15, 0.2) is 53.8 Å². The van der Waals surface area contributed by atoms with E-state index in [9.17, 15) is 4.79 Å². The quantitative estimate of drug-likeness (QED) is 0.429. The van der Waals surface area contributed by atoms with Crippen molar-refractivity contribution >= 4 is 35.0 Å². The lowest BCUT2D eigenvalue weighted by Crippen LogP contribution is -2.23. The molecule has 1 atom stereocenters. The topological polar surface area (TPSA) is 75.9 Å². The highest BCUT2D eigenvalue weighted by molar-refractivity contribution is 7.99. The molecule has 0 saturated heterocycles. The summed E-state index contributed by atoms with van der Waals surface area (Å²) in [7, 11) is 4.05. The number of rotatable bonds is 8. The van der Waals surface area contributed by atoms with Gasteiger partial charge in [0.25, 0.3) is 0 Å². The lowest BCUT2D eigenvalue weighted by atomic mass is 10.2. The molecular weight excluding hydrogens is 408 g/mol. The largest absolute Gasteiger partial charge is 0.323 e. The Morgan fingerprint density at radius 1 is 1.21 bits per heavy atom. The van der Waals surface area contributed by atoms with Crippen LogP contribution >= 0.6 is 23.4 Å². The Morgan fingerprint density at radius 3 is 2.62 bits per heavy atom. The van der Waals surface area contributed by atoms with Crippen molar-refractivity contribution in [2.45, 2.75) is 24.5 Å². The zero-order chi connectivity index (χ0) is 20.8. The Morgan fingerprint density at radius 2 is 1.97 bits per heavy atom. The van der Waals surface area contributed by atoms with Crippen molar-refractivity contribution in [3.63, 3.8) is 0 Å². The number of para-hydroxylation sites is 1. The van der Waals surface area contributed by atoms with E-state index in [-0.39, 0.29) is 22.9 Å². The van der Waals surface area contributed by atoms with Gasteiger partial charge in [-0.15, -0.1) is 10.2 Å². The number of benzene rings is 1. The van der Waals surface area contributed by atoms with E-state index in [1.807, 2.05) is 49.0 Å². The zero-order valence-corrected chi connectivity index (χ0v) is 18.1. The number of carbonyl (C=O) groups is 1. The third-order valence-electron chi connectivity index (χ3n) is 4.35. The van der Waals surface area contributed by atoms with Crippen molar-refractivity contribution in [2.75, 3.05) is 25.2 Å². The van der Waals surface area contributed by atoms with Crippen molar-refractivity contribution in [1.82, 2.24) is 24.6 Å². The van der Waals surface area contributed by atoms with Crippen LogP contribution in [0.5, 0.6) is 0 Å². The zero-order valence-electron chi connectivity index (χ0n) is 16.5. The van der Waals surface area contributed by atoms with Gasteiger partial charge in [-0.05, 0) is 44.8 Å². The number of thioether (sulfide) groups is 1. The highest BCUT2D eigenvalue weighted by Gasteiger charge is 2.23. The van der Waals surface area contributed by atoms with Gasteiger partial charge in [-0.1, -0.05) is 48.5 Å². The number of anilines is 1. The normalized spacial score (nSPS) is 12.2. The van der Waals surface area contributed by atoms with Crippen LogP contribution in [-0.4, -0.2) is 50.4 Å². The first-order valence-corrected chi connectivity index (χ1v) is 10.6. The van der Waals surface area contributed by atoms with Gasteiger partial charge in [-0.25, -0.2) is 4.98 Å². The number of carbonyl (C=O) groups excluding carboxylic acids is 1. The van der Waals surface area contributed by atoms with Gasteiger partial charge in [0.2, 0.25) is 5.91 Å². The molecule has 1 aromatic carbocycles. The van der Waals surface area contributed by atoms with E-state index in [0.717, 1.165) is 17.9 Å². The fourth-order valence-electron chi connectivity index (χ4n) is 2.98. The molecule has 2 aromatic heterocycles. The first-order valence-electron chi connectivity index (χ1n) is 9.21.